The topological polar surface area (TPSA) is 101 Å². The summed E-state index contributed by atoms with van der Waals surface area (Å²) in [5, 5.41) is 11.1. The molecule has 3 heterocycles. The van der Waals surface area contributed by atoms with Gasteiger partial charge in [0.25, 0.3) is 11.8 Å². The van der Waals surface area contributed by atoms with Gasteiger partial charge in [0.2, 0.25) is 0 Å². The van der Waals surface area contributed by atoms with Crippen molar-refractivity contribution >= 4 is 22.7 Å². The number of fused-ring (bicyclic) bond motifs is 2. The van der Waals surface area contributed by atoms with E-state index in [2.05, 4.69) is 20.7 Å². The molecular weight excluding hydrogens is 358 g/mol. The summed E-state index contributed by atoms with van der Waals surface area (Å²) < 4.78 is 6.98. The van der Waals surface area contributed by atoms with Crippen LogP contribution in [0.1, 0.15) is 26.5 Å². The Bertz CT molecular complexity index is 1060. The molecule has 28 heavy (non-hydrogen) atoms. The molecule has 3 atom stereocenters. The number of nitrogens with zero attached hydrogens (tertiary/aromatic N) is 2. The van der Waals surface area contributed by atoms with Gasteiger partial charge in [0, 0.05) is 42.7 Å². The first kappa shape index (κ1) is 17.0. The summed E-state index contributed by atoms with van der Waals surface area (Å²) >= 11 is 0. The van der Waals surface area contributed by atoms with Gasteiger partial charge in [-0.2, -0.15) is 5.10 Å². The van der Waals surface area contributed by atoms with E-state index in [1.807, 2.05) is 30.5 Å². The number of hydrogen-bond donors (Lipinski definition) is 3. The normalized spacial score (nSPS) is 22.8. The third kappa shape index (κ3) is 2.86. The lowest BCUT2D eigenvalue weighted by Gasteiger charge is -2.10. The maximum Gasteiger partial charge on any atom is 0.271 e. The monoisotopic (exact) mass is 379 g/mol. The van der Waals surface area contributed by atoms with Crippen LogP contribution >= 0.6 is 0 Å². The van der Waals surface area contributed by atoms with Gasteiger partial charge in [-0.05, 0) is 23.1 Å². The van der Waals surface area contributed by atoms with E-state index in [9.17, 15) is 9.59 Å². The molecule has 8 nitrogen and oxygen atoms in total. The minimum Gasteiger partial charge on any atom is -0.381 e. The van der Waals surface area contributed by atoms with Crippen molar-refractivity contribution in [2.45, 2.75) is 12.6 Å². The van der Waals surface area contributed by atoms with Crippen LogP contribution in [-0.2, 0) is 11.3 Å². The van der Waals surface area contributed by atoms with Crippen molar-refractivity contribution in [3.63, 3.8) is 0 Å². The van der Waals surface area contributed by atoms with E-state index in [-0.39, 0.29) is 23.6 Å². The van der Waals surface area contributed by atoms with E-state index in [0.29, 0.717) is 37.3 Å². The standard InChI is InChI=1S/C20H21N5O3/c1-21-19(26)16-7-17(20(27)23-18-13-9-28-10-14(13)18)25(24-16)8-11-2-3-12-4-5-22-15(12)6-11/h2-7,13-14,18,22H,8-10H2,1H3,(H,21,26)(H,23,27)/t13-,14+,18+. The number of carbonyl (C=O) groups excluding carboxylic acids is 2. The smallest absolute Gasteiger partial charge is 0.271 e. The van der Waals surface area contributed by atoms with Crippen LogP contribution in [0.5, 0.6) is 0 Å². The molecule has 3 aromatic rings. The van der Waals surface area contributed by atoms with Crippen molar-refractivity contribution in [2.24, 2.45) is 11.8 Å². The fourth-order valence-corrected chi connectivity index (χ4v) is 4.00. The minimum absolute atomic E-state index is 0.156. The lowest BCUT2D eigenvalue weighted by molar-refractivity contribution is 0.0917. The summed E-state index contributed by atoms with van der Waals surface area (Å²) in [5.41, 5.74) is 2.63. The Hall–Kier alpha value is -3.13. The Kier molecular flexibility index (Phi) is 3.94. The third-order valence-corrected chi connectivity index (χ3v) is 5.67. The van der Waals surface area contributed by atoms with Crippen molar-refractivity contribution in [3.8, 4) is 0 Å². The van der Waals surface area contributed by atoms with Crippen LogP contribution < -0.4 is 10.6 Å². The summed E-state index contributed by atoms with van der Waals surface area (Å²) in [5.74, 6) is 0.301. The maximum atomic E-state index is 12.9. The van der Waals surface area contributed by atoms with Gasteiger partial charge >= 0.3 is 0 Å². The van der Waals surface area contributed by atoms with E-state index in [1.165, 1.54) is 0 Å². The first-order valence-corrected chi connectivity index (χ1v) is 9.38. The molecule has 0 unspecified atom stereocenters. The van der Waals surface area contributed by atoms with Crippen LogP contribution in [0.3, 0.4) is 0 Å². The first-order chi connectivity index (χ1) is 13.6. The maximum absolute atomic E-state index is 12.9. The van der Waals surface area contributed by atoms with Gasteiger partial charge in [-0.3, -0.25) is 14.3 Å². The molecule has 2 aliphatic rings. The summed E-state index contributed by atoms with van der Waals surface area (Å²) in [6.45, 7) is 1.80. The Morgan fingerprint density at radius 3 is 2.82 bits per heavy atom. The van der Waals surface area contributed by atoms with Gasteiger partial charge in [0.1, 0.15) is 5.69 Å². The quantitative estimate of drug-likeness (QED) is 0.619. The predicted molar refractivity (Wildman–Crippen MR) is 102 cm³/mol. The van der Waals surface area contributed by atoms with Crippen molar-refractivity contribution in [2.75, 3.05) is 20.3 Å². The molecule has 2 aromatic heterocycles. The number of benzene rings is 1. The van der Waals surface area contributed by atoms with Crippen LogP contribution in [0.25, 0.3) is 10.9 Å². The molecule has 2 fully saturated rings. The molecule has 144 valence electrons. The highest BCUT2D eigenvalue weighted by atomic mass is 16.5. The number of H-pyrrole nitrogens is 1. The Morgan fingerprint density at radius 1 is 1.21 bits per heavy atom. The summed E-state index contributed by atoms with van der Waals surface area (Å²) in [6, 6.07) is 9.77. The average molecular weight is 379 g/mol. The van der Waals surface area contributed by atoms with Gasteiger partial charge in [0.05, 0.1) is 19.8 Å². The summed E-state index contributed by atoms with van der Waals surface area (Å²) in [7, 11) is 1.55. The fourth-order valence-electron chi connectivity index (χ4n) is 4.00. The molecule has 8 heteroatoms. The van der Waals surface area contributed by atoms with Gasteiger partial charge in [-0.15, -0.1) is 0 Å². The van der Waals surface area contributed by atoms with Crippen LogP contribution in [0.4, 0.5) is 0 Å². The second kappa shape index (κ2) is 6.49. The largest absolute Gasteiger partial charge is 0.381 e. The molecule has 1 saturated heterocycles. The SMILES string of the molecule is CNC(=O)c1cc(C(=O)N[C@H]2[C@@H]3COC[C@@H]32)n(Cc2ccc3cc[nH]c3c2)n1. The number of hydrogen-bond acceptors (Lipinski definition) is 4. The van der Waals surface area contributed by atoms with Gasteiger partial charge in [-0.25, -0.2) is 0 Å². The zero-order chi connectivity index (χ0) is 19.3. The van der Waals surface area contributed by atoms with Gasteiger partial charge < -0.3 is 20.4 Å². The van der Waals surface area contributed by atoms with Crippen LogP contribution in [0.15, 0.2) is 36.5 Å². The number of aromatic nitrogens is 3. The van der Waals surface area contributed by atoms with E-state index in [4.69, 9.17) is 4.74 Å². The van der Waals surface area contributed by atoms with Crippen molar-refractivity contribution in [1.29, 1.82) is 0 Å². The highest BCUT2D eigenvalue weighted by molar-refractivity contribution is 5.98. The van der Waals surface area contributed by atoms with Crippen molar-refractivity contribution < 1.29 is 14.3 Å². The van der Waals surface area contributed by atoms with Gasteiger partial charge in [0.15, 0.2) is 5.69 Å². The fraction of sp³-hybridized carbons (Fsp3) is 0.350. The van der Waals surface area contributed by atoms with Crippen molar-refractivity contribution in [3.05, 3.63) is 53.5 Å². The number of nitrogens with one attached hydrogen (secondary N) is 3. The summed E-state index contributed by atoms with van der Waals surface area (Å²) in [4.78, 5) is 28.1. The van der Waals surface area contributed by atoms with E-state index in [0.717, 1.165) is 16.5 Å². The number of rotatable bonds is 5. The number of carbonyl (C=O) groups is 2. The molecular formula is C20H21N5O3. The highest BCUT2D eigenvalue weighted by Gasteiger charge is 2.54. The van der Waals surface area contributed by atoms with Crippen LogP contribution in [0.2, 0.25) is 0 Å². The first-order valence-electron chi connectivity index (χ1n) is 9.38. The number of aromatic amines is 1. The predicted octanol–water partition coefficient (Wildman–Crippen LogP) is 1.15. The zero-order valence-electron chi connectivity index (χ0n) is 15.4. The van der Waals surface area contributed by atoms with Crippen molar-refractivity contribution in [1.82, 2.24) is 25.4 Å². The molecule has 0 radical (unpaired) electrons. The van der Waals surface area contributed by atoms with E-state index >= 15 is 0 Å². The average Bonchev–Trinajstić information content (AvgIpc) is 3.21. The molecule has 1 saturated carbocycles. The molecule has 2 amide bonds. The van der Waals surface area contributed by atoms with E-state index in [1.54, 1.807) is 17.8 Å². The second-order valence-corrected chi connectivity index (χ2v) is 7.42. The zero-order valence-corrected chi connectivity index (χ0v) is 15.4. The molecule has 1 aromatic carbocycles. The second-order valence-electron chi connectivity index (χ2n) is 7.42. The third-order valence-electron chi connectivity index (χ3n) is 5.67. The molecule has 1 aliphatic heterocycles. The summed E-state index contributed by atoms with van der Waals surface area (Å²) in [6.07, 6.45) is 1.89. The molecule has 1 aliphatic carbocycles. The highest BCUT2D eigenvalue weighted by Crippen LogP contribution is 2.44. The molecule has 0 bridgehead atoms. The molecule has 0 spiro atoms. The van der Waals surface area contributed by atoms with Gasteiger partial charge in [-0.1, -0.05) is 12.1 Å². The van der Waals surface area contributed by atoms with E-state index < -0.39 is 0 Å². The lowest BCUT2D eigenvalue weighted by atomic mass is 10.1. The Morgan fingerprint density at radius 2 is 2.04 bits per heavy atom. The van der Waals surface area contributed by atoms with Crippen LogP contribution in [0, 0.1) is 11.8 Å². The number of amides is 2. The molecule has 3 N–H and O–H groups in total. The number of ether oxygens (including phenoxy) is 1. The Balaban J connectivity index is 1.42. The lowest BCUT2D eigenvalue weighted by Crippen LogP contribution is -2.31. The van der Waals surface area contributed by atoms with Crippen LogP contribution in [-0.4, -0.2) is 52.9 Å². The minimum atomic E-state index is -0.315. The molecule has 5 rings (SSSR count). The Labute approximate surface area is 161 Å².